The number of hydrogen-bond donors (Lipinski definition) is 1. The topological polar surface area (TPSA) is 58.2 Å². The molecule has 2 fully saturated rings. The van der Waals surface area contributed by atoms with E-state index in [1.807, 2.05) is 17.0 Å². The molecule has 2 aliphatic heterocycles. The van der Waals surface area contributed by atoms with Crippen LogP contribution in [0.2, 0.25) is 0 Å². The lowest BCUT2D eigenvalue weighted by Gasteiger charge is -2.35. The number of benzene rings is 1. The number of nitrogens with zero attached hydrogens (tertiary/aromatic N) is 2. The summed E-state index contributed by atoms with van der Waals surface area (Å²) in [5, 5.41) is 6.66. The quantitative estimate of drug-likeness (QED) is 0.916. The van der Waals surface area contributed by atoms with Gasteiger partial charge in [-0.1, -0.05) is 12.1 Å². The number of amides is 1. The Balaban J connectivity index is 1.39. The van der Waals surface area contributed by atoms with E-state index in [1.54, 1.807) is 18.5 Å². The Hall–Kier alpha value is -2.21. The fourth-order valence-electron chi connectivity index (χ4n) is 4.06. The summed E-state index contributed by atoms with van der Waals surface area (Å²) in [5.74, 6) is 0.360. The monoisotopic (exact) mass is 357 g/mol. The van der Waals surface area contributed by atoms with Crippen LogP contribution in [0.1, 0.15) is 37.2 Å². The van der Waals surface area contributed by atoms with E-state index in [4.69, 9.17) is 4.74 Å². The van der Waals surface area contributed by atoms with Crippen molar-refractivity contribution in [2.45, 2.75) is 31.6 Å². The normalized spacial score (nSPS) is 19.7. The highest BCUT2D eigenvalue weighted by molar-refractivity contribution is 5.79. The van der Waals surface area contributed by atoms with Crippen LogP contribution in [-0.4, -0.2) is 47.3 Å². The van der Waals surface area contributed by atoms with Gasteiger partial charge in [-0.25, -0.2) is 4.39 Å². The minimum Gasteiger partial charge on any atom is -0.381 e. The highest BCUT2D eigenvalue weighted by Crippen LogP contribution is 2.33. The number of H-pyrrole nitrogens is 1. The molecule has 6 heteroatoms. The molecule has 0 spiro atoms. The van der Waals surface area contributed by atoms with Crippen LogP contribution in [0.4, 0.5) is 4.39 Å². The standard InChI is InChI=1S/C20H24FN3O2/c21-19-11-16(17-12-22-23-13-17)1-2-18(19)14-3-7-24(8-4-14)20(25)15-5-9-26-10-6-15/h1-2,11-15H,3-10H2,(H,22,23). The number of ether oxygens (including phenoxy) is 1. The summed E-state index contributed by atoms with van der Waals surface area (Å²) in [6.45, 7) is 2.79. The zero-order chi connectivity index (χ0) is 17.9. The summed E-state index contributed by atoms with van der Waals surface area (Å²) in [7, 11) is 0. The van der Waals surface area contributed by atoms with Gasteiger partial charge in [-0.2, -0.15) is 5.10 Å². The van der Waals surface area contributed by atoms with Gasteiger partial charge in [0.15, 0.2) is 0 Å². The van der Waals surface area contributed by atoms with Gasteiger partial charge in [0.2, 0.25) is 5.91 Å². The van der Waals surface area contributed by atoms with E-state index in [0.717, 1.165) is 42.4 Å². The summed E-state index contributed by atoms with van der Waals surface area (Å²) in [5.41, 5.74) is 2.47. The molecule has 0 unspecified atom stereocenters. The third kappa shape index (κ3) is 3.51. The molecule has 1 amide bonds. The van der Waals surface area contributed by atoms with Gasteiger partial charge in [0.25, 0.3) is 0 Å². The van der Waals surface area contributed by atoms with Gasteiger partial charge < -0.3 is 9.64 Å². The molecule has 1 aromatic heterocycles. The van der Waals surface area contributed by atoms with Crippen LogP contribution in [0.15, 0.2) is 30.6 Å². The van der Waals surface area contributed by atoms with E-state index in [1.165, 1.54) is 0 Å². The third-order valence-corrected chi connectivity index (χ3v) is 5.65. The lowest BCUT2D eigenvalue weighted by molar-refractivity contribution is -0.139. The number of likely N-dealkylation sites (tertiary alicyclic amines) is 1. The average Bonchev–Trinajstić information content (AvgIpc) is 3.23. The van der Waals surface area contributed by atoms with Crippen molar-refractivity contribution in [1.82, 2.24) is 15.1 Å². The van der Waals surface area contributed by atoms with Crippen LogP contribution in [0, 0.1) is 11.7 Å². The van der Waals surface area contributed by atoms with E-state index in [0.29, 0.717) is 26.3 Å². The fourth-order valence-corrected chi connectivity index (χ4v) is 4.06. The first-order valence-corrected chi connectivity index (χ1v) is 9.37. The molecular formula is C20H24FN3O2. The van der Waals surface area contributed by atoms with Crippen molar-refractivity contribution in [2.75, 3.05) is 26.3 Å². The molecule has 0 saturated carbocycles. The maximum Gasteiger partial charge on any atom is 0.225 e. The minimum atomic E-state index is -0.169. The Labute approximate surface area is 152 Å². The predicted molar refractivity (Wildman–Crippen MR) is 96.1 cm³/mol. The highest BCUT2D eigenvalue weighted by atomic mass is 19.1. The van der Waals surface area contributed by atoms with Gasteiger partial charge in [-0.3, -0.25) is 9.89 Å². The van der Waals surface area contributed by atoms with Crippen molar-refractivity contribution in [2.24, 2.45) is 5.92 Å². The van der Waals surface area contributed by atoms with Gasteiger partial charge in [0.1, 0.15) is 5.82 Å². The van der Waals surface area contributed by atoms with Crippen LogP contribution in [0.25, 0.3) is 11.1 Å². The molecule has 0 atom stereocenters. The minimum absolute atomic E-state index is 0.103. The number of aromatic amines is 1. The zero-order valence-corrected chi connectivity index (χ0v) is 14.8. The number of aromatic nitrogens is 2. The Bertz CT molecular complexity index is 748. The van der Waals surface area contributed by atoms with Crippen molar-refractivity contribution in [1.29, 1.82) is 0 Å². The number of halogens is 1. The SMILES string of the molecule is O=C(C1CCOCC1)N1CCC(c2ccc(-c3cn[nH]c3)cc2F)CC1. The maximum absolute atomic E-state index is 14.6. The number of nitrogens with one attached hydrogen (secondary N) is 1. The first-order chi connectivity index (χ1) is 12.7. The maximum atomic E-state index is 14.6. The molecular weight excluding hydrogens is 333 g/mol. The molecule has 138 valence electrons. The van der Waals surface area contributed by atoms with Crippen molar-refractivity contribution < 1.29 is 13.9 Å². The molecule has 5 nitrogen and oxygen atoms in total. The van der Waals surface area contributed by atoms with Crippen LogP contribution in [0.3, 0.4) is 0 Å². The lowest BCUT2D eigenvalue weighted by atomic mass is 9.87. The van der Waals surface area contributed by atoms with Gasteiger partial charge in [0.05, 0.1) is 6.20 Å². The molecule has 0 aliphatic carbocycles. The second-order valence-electron chi connectivity index (χ2n) is 7.21. The van der Waals surface area contributed by atoms with E-state index in [9.17, 15) is 9.18 Å². The number of hydrogen-bond acceptors (Lipinski definition) is 3. The number of rotatable bonds is 3. The second kappa shape index (κ2) is 7.58. The molecule has 2 saturated heterocycles. The molecule has 2 aliphatic rings. The van der Waals surface area contributed by atoms with Gasteiger partial charge in [-0.15, -0.1) is 0 Å². The first-order valence-electron chi connectivity index (χ1n) is 9.37. The average molecular weight is 357 g/mol. The molecule has 4 rings (SSSR count). The van der Waals surface area contributed by atoms with E-state index in [-0.39, 0.29) is 23.6 Å². The fraction of sp³-hybridized carbons (Fsp3) is 0.500. The van der Waals surface area contributed by atoms with E-state index >= 15 is 0 Å². The molecule has 26 heavy (non-hydrogen) atoms. The molecule has 0 bridgehead atoms. The molecule has 1 N–H and O–H groups in total. The summed E-state index contributed by atoms with van der Waals surface area (Å²) >= 11 is 0. The highest BCUT2D eigenvalue weighted by Gasteiger charge is 2.30. The van der Waals surface area contributed by atoms with Gasteiger partial charge >= 0.3 is 0 Å². The lowest BCUT2D eigenvalue weighted by Crippen LogP contribution is -2.42. The van der Waals surface area contributed by atoms with Gasteiger partial charge in [0, 0.05) is 44.0 Å². The number of piperidine rings is 1. The zero-order valence-electron chi connectivity index (χ0n) is 14.8. The third-order valence-electron chi connectivity index (χ3n) is 5.65. The molecule has 1 aromatic carbocycles. The Morgan fingerprint density at radius 1 is 1.15 bits per heavy atom. The summed E-state index contributed by atoms with van der Waals surface area (Å²) in [4.78, 5) is 14.6. The van der Waals surface area contributed by atoms with Crippen molar-refractivity contribution in [3.8, 4) is 11.1 Å². The van der Waals surface area contributed by atoms with Crippen LogP contribution >= 0.6 is 0 Å². The second-order valence-corrected chi connectivity index (χ2v) is 7.21. The van der Waals surface area contributed by atoms with E-state index < -0.39 is 0 Å². The summed E-state index contributed by atoms with van der Waals surface area (Å²) in [6.07, 6.45) is 6.73. The summed E-state index contributed by atoms with van der Waals surface area (Å²) in [6, 6.07) is 5.42. The number of carbonyl (C=O) groups excluding carboxylic acids is 1. The predicted octanol–water partition coefficient (Wildman–Crippen LogP) is 3.35. The van der Waals surface area contributed by atoms with E-state index in [2.05, 4.69) is 10.2 Å². The van der Waals surface area contributed by atoms with Crippen LogP contribution in [-0.2, 0) is 9.53 Å². The Morgan fingerprint density at radius 2 is 1.92 bits per heavy atom. The van der Waals surface area contributed by atoms with Crippen molar-refractivity contribution in [3.05, 3.63) is 42.0 Å². The number of carbonyl (C=O) groups is 1. The van der Waals surface area contributed by atoms with Crippen molar-refractivity contribution >= 4 is 5.91 Å². The van der Waals surface area contributed by atoms with Crippen molar-refractivity contribution in [3.63, 3.8) is 0 Å². The largest absolute Gasteiger partial charge is 0.381 e. The van der Waals surface area contributed by atoms with Crippen LogP contribution in [0.5, 0.6) is 0 Å². The Morgan fingerprint density at radius 3 is 2.58 bits per heavy atom. The first kappa shape index (κ1) is 17.2. The molecule has 2 aromatic rings. The molecule has 3 heterocycles. The molecule has 0 radical (unpaired) electrons. The van der Waals surface area contributed by atoms with Gasteiger partial charge in [-0.05, 0) is 48.8 Å². The van der Waals surface area contributed by atoms with Crippen LogP contribution < -0.4 is 0 Å². The smallest absolute Gasteiger partial charge is 0.225 e. The summed E-state index contributed by atoms with van der Waals surface area (Å²) < 4.78 is 20.0. The Kier molecular flexibility index (Phi) is 5.02.